The molecule has 2 aliphatic carbocycles. The molecule has 2 N–H and O–H groups in total. The highest BCUT2D eigenvalue weighted by Gasteiger charge is 2.72. The number of hydrogen-bond donors (Lipinski definition) is 2. The first-order chi connectivity index (χ1) is 17.4. The molecule has 0 unspecified atom stereocenters. The summed E-state index contributed by atoms with van der Waals surface area (Å²) in [5, 5.41) is 5.47. The second kappa shape index (κ2) is 12.2. The summed E-state index contributed by atoms with van der Waals surface area (Å²) < 4.78 is 15.5. The monoisotopic (exact) mass is 496 g/mol. The van der Waals surface area contributed by atoms with Crippen LogP contribution in [0.25, 0.3) is 0 Å². The predicted molar refractivity (Wildman–Crippen MR) is 132 cm³/mol. The second-order valence-corrected chi connectivity index (χ2v) is 8.79. The second-order valence-electron chi connectivity index (χ2n) is 8.79. The average Bonchev–Trinajstić information content (AvgIpc) is 3.51. The number of benzene rings is 1. The van der Waals surface area contributed by atoms with Crippen molar-refractivity contribution < 1.29 is 33.4 Å². The quantitative estimate of drug-likeness (QED) is 0.245. The zero-order chi connectivity index (χ0) is 26.1. The lowest BCUT2D eigenvalue weighted by atomic mass is 9.88. The Bertz CT molecular complexity index is 1010. The molecule has 0 radical (unpaired) electrons. The Morgan fingerprint density at radius 3 is 2.28 bits per heavy atom. The molecule has 0 spiro atoms. The summed E-state index contributed by atoms with van der Waals surface area (Å²) in [6.45, 7) is 10.6. The van der Waals surface area contributed by atoms with Crippen LogP contribution in [0.15, 0.2) is 68.3 Å². The fourth-order valence-corrected chi connectivity index (χ4v) is 4.92. The summed E-state index contributed by atoms with van der Waals surface area (Å²) >= 11 is 0. The molecule has 1 aromatic carbocycles. The number of carbonyl (C=O) groups excluding carboxylic acids is 4. The van der Waals surface area contributed by atoms with Crippen molar-refractivity contribution in [3.8, 4) is 0 Å². The van der Waals surface area contributed by atoms with Crippen molar-refractivity contribution >= 4 is 23.9 Å². The largest absolute Gasteiger partial charge is 0.461 e. The van der Waals surface area contributed by atoms with Gasteiger partial charge in [0.1, 0.15) is 31.4 Å². The van der Waals surface area contributed by atoms with Crippen LogP contribution in [0, 0.1) is 17.8 Å². The molecule has 0 bridgehead atoms. The molecular formula is C27H32N2O7. The third kappa shape index (κ3) is 6.02. The zero-order valence-corrected chi connectivity index (χ0v) is 20.1. The van der Waals surface area contributed by atoms with Crippen LogP contribution < -0.4 is 10.6 Å². The topological polar surface area (TPSA) is 120 Å². The molecule has 36 heavy (non-hydrogen) atoms. The highest BCUT2D eigenvalue weighted by Crippen LogP contribution is 2.62. The van der Waals surface area contributed by atoms with Gasteiger partial charge in [0.05, 0.1) is 5.92 Å². The van der Waals surface area contributed by atoms with Gasteiger partial charge in [0, 0.05) is 12.3 Å². The predicted octanol–water partition coefficient (Wildman–Crippen LogP) is 2.48. The minimum atomic E-state index is -1.45. The molecule has 0 saturated heterocycles. The van der Waals surface area contributed by atoms with E-state index in [1.807, 2.05) is 30.3 Å². The van der Waals surface area contributed by atoms with Crippen molar-refractivity contribution in [3.05, 3.63) is 73.9 Å². The van der Waals surface area contributed by atoms with Gasteiger partial charge in [0.2, 0.25) is 5.91 Å². The molecule has 0 aliphatic heterocycles. The Hall–Kier alpha value is -3.88. The summed E-state index contributed by atoms with van der Waals surface area (Å²) in [6.07, 6.45) is 4.47. The van der Waals surface area contributed by atoms with Gasteiger partial charge in [-0.3, -0.25) is 9.59 Å². The van der Waals surface area contributed by atoms with Gasteiger partial charge in [-0.2, -0.15) is 0 Å². The number of amides is 2. The van der Waals surface area contributed by atoms with Crippen LogP contribution in [-0.2, 0) is 35.0 Å². The fourth-order valence-electron chi connectivity index (χ4n) is 4.92. The van der Waals surface area contributed by atoms with Crippen LogP contribution in [0.3, 0.4) is 0 Å². The van der Waals surface area contributed by atoms with E-state index in [9.17, 15) is 19.2 Å². The van der Waals surface area contributed by atoms with Crippen molar-refractivity contribution in [3.63, 3.8) is 0 Å². The van der Waals surface area contributed by atoms with Crippen LogP contribution in [-0.4, -0.2) is 55.3 Å². The van der Waals surface area contributed by atoms with Gasteiger partial charge >= 0.3 is 18.0 Å². The zero-order valence-electron chi connectivity index (χ0n) is 20.1. The maximum absolute atomic E-state index is 13.8. The van der Waals surface area contributed by atoms with Gasteiger partial charge in [-0.05, 0) is 24.3 Å². The fraction of sp³-hybridized carbons (Fsp3) is 0.407. The normalized spacial score (nSPS) is 24.3. The minimum absolute atomic E-state index is 0.0147. The summed E-state index contributed by atoms with van der Waals surface area (Å²) in [5.74, 6) is -2.84. The Labute approximate surface area is 210 Å². The summed E-state index contributed by atoms with van der Waals surface area (Å²) in [4.78, 5) is 51.7. The molecule has 0 heterocycles. The van der Waals surface area contributed by atoms with E-state index in [2.05, 4.69) is 30.4 Å². The molecule has 5 atom stereocenters. The summed E-state index contributed by atoms with van der Waals surface area (Å²) in [5.41, 5.74) is -0.638. The van der Waals surface area contributed by atoms with Crippen molar-refractivity contribution in [2.75, 3.05) is 19.8 Å². The van der Waals surface area contributed by atoms with Crippen LogP contribution in [0.1, 0.15) is 18.4 Å². The van der Waals surface area contributed by atoms with Gasteiger partial charge in [-0.15, -0.1) is 0 Å². The van der Waals surface area contributed by atoms with Gasteiger partial charge in [0.15, 0.2) is 0 Å². The number of hydrogen-bond acceptors (Lipinski definition) is 7. The molecule has 2 aliphatic rings. The average molecular weight is 497 g/mol. The van der Waals surface area contributed by atoms with Crippen molar-refractivity contribution in [2.45, 2.75) is 30.8 Å². The number of alkyl carbamates (subject to hydrolysis) is 1. The number of ether oxygens (including phenoxy) is 3. The lowest BCUT2D eigenvalue weighted by molar-refractivity contribution is -0.148. The van der Waals surface area contributed by atoms with Gasteiger partial charge in [-0.25, -0.2) is 9.59 Å². The number of esters is 2. The van der Waals surface area contributed by atoms with E-state index in [0.29, 0.717) is 6.42 Å². The Morgan fingerprint density at radius 1 is 0.972 bits per heavy atom. The van der Waals surface area contributed by atoms with E-state index in [4.69, 9.17) is 14.2 Å². The first-order valence-electron chi connectivity index (χ1n) is 11.8. The molecule has 9 heteroatoms. The highest BCUT2D eigenvalue weighted by atomic mass is 16.6. The SMILES string of the molecule is C=CCOC(=O)N[C@@]1(C(=O)N[C@@H](Cc2ccccc2)C(=O)OCC=C)CC[C@H]2[C@H](C(=O)OCC=C)[C@H]21. The Kier molecular flexibility index (Phi) is 9.05. The van der Waals surface area contributed by atoms with Gasteiger partial charge < -0.3 is 24.8 Å². The van der Waals surface area contributed by atoms with E-state index in [-0.39, 0.29) is 38.6 Å². The maximum atomic E-state index is 13.8. The first kappa shape index (κ1) is 26.7. The number of rotatable bonds is 13. The molecule has 9 nitrogen and oxygen atoms in total. The van der Waals surface area contributed by atoms with E-state index >= 15 is 0 Å². The third-order valence-electron chi connectivity index (χ3n) is 6.50. The number of nitrogens with one attached hydrogen (secondary N) is 2. The Morgan fingerprint density at radius 2 is 1.61 bits per heavy atom. The summed E-state index contributed by atoms with van der Waals surface area (Å²) in [7, 11) is 0. The van der Waals surface area contributed by atoms with Crippen LogP contribution >= 0.6 is 0 Å². The Balaban J connectivity index is 1.85. The third-order valence-corrected chi connectivity index (χ3v) is 6.50. The summed E-state index contributed by atoms with van der Waals surface area (Å²) in [6, 6.07) is 8.14. The molecule has 2 saturated carbocycles. The van der Waals surface area contributed by atoms with E-state index in [1.54, 1.807) is 0 Å². The molecule has 192 valence electrons. The molecule has 2 fully saturated rings. The number of carbonyl (C=O) groups is 4. The lowest BCUT2D eigenvalue weighted by Crippen LogP contribution is -2.62. The van der Waals surface area contributed by atoms with E-state index in [1.165, 1.54) is 18.2 Å². The van der Waals surface area contributed by atoms with Crippen molar-refractivity contribution in [1.82, 2.24) is 10.6 Å². The molecule has 1 aromatic rings. The van der Waals surface area contributed by atoms with Gasteiger partial charge in [-0.1, -0.05) is 68.3 Å². The first-order valence-corrected chi connectivity index (χ1v) is 11.8. The maximum Gasteiger partial charge on any atom is 0.408 e. The van der Waals surface area contributed by atoms with Crippen molar-refractivity contribution in [2.24, 2.45) is 17.8 Å². The highest BCUT2D eigenvalue weighted by molar-refractivity contribution is 5.96. The van der Waals surface area contributed by atoms with Gasteiger partial charge in [0.25, 0.3) is 0 Å². The van der Waals surface area contributed by atoms with Crippen LogP contribution in [0.2, 0.25) is 0 Å². The minimum Gasteiger partial charge on any atom is -0.461 e. The molecular weight excluding hydrogens is 464 g/mol. The van der Waals surface area contributed by atoms with Crippen LogP contribution in [0.5, 0.6) is 0 Å². The smallest absolute Gasteiger partial charge is 0.408 e. The standard InChI is InChI=1S/C27H32N2O7/c1-4-14-34-23(30)20(17-18-10-8-7-9-11-18)28-25(32)27(29-26(33)36-16-6-3)13-12-19-21(22(19)27)24(31)35-15-5-2/h4-11,19-22H,1-3,12-17H2,(H,28,32)(H,29,33)/t19-,20-,21-,22-,27-/m0/s1. The molecule has 2 amide bonds. The van der Waals surface area contributed by atoms with Crippen molar-refractivity contribution in [1.29, 1.82) is 0 Å². The lowest BCUT2D eigenvalue weighted by Gasteiger charge is -2.33. The van der Waals surface area contributed by atoms with E-state index < -0.39 is 47.4 Å². The molecule has 3 rings (SSSR count). The number of fused-ring (bicyclic) bond motifs is 1. The van der Waals surface area contributed by atoms with E-state index in [0.717, 1.165) is 5.56 Å². The molecule has 0 aromatic heterocycles. The van der Waals surface area contributed by atoms with Crippen LogP contribution in [0.4, 0.5) is 4.79 Å².